The van der Waals surface area contributed by atoms with Gasteiger partial charge in [0, 0.05) is 4.47 Å². The summed E-state index contributed by atoms with van der Waals surface area (Å²) in [5.41, 5.74) is -1.01. The van der Waals surface area contributed by atoms with Gasteiger partial charge in [-0.3, -0.25) is 5.41 Å². The maximum absolute atomic E-state index is 13.3. The monoisotopic (exact) mass is 385 g/mol. The molecule has 0 spiro atoms. The second kappa shape index (κ2) is 7.01. The fourth-order valence-electron chi connectivity index (χ4n) is 2.07. The lowest BCUT2D eigenvalue weighted by Gasteiger charge is -2.30. The first-order valence-electron chi connectivity index (χ1n) is 6.44. The van der Waals surface area contributed by atoms with Crippen LogP contribution in [0, 0.1) is 5.41 Å². The minimum atomic E-state index is -4.56. The number of ether oxygens (including phenoxy) is 1. The van der Waals surface area contributed by atoms with E-state index in [4.69, 9.17) is 21.7 Å². The van der Waals surface area contributed by atoms with Crippen LogP contribution in [0.25, 0.3) is 0 Å². The second-order valence-electron chi connectivity index (χ2n) is 4.50. The van der Waals surface area contributed by atoms with Gasteiger partial charge in [-0.2, -0.15) is 13.2 Å². The molecule has 0 saturated heterocycles. The van der Waals surface area contributed by atoms with Gasteiger partial charge in [-0.05, 0) is 31.0 Å². The van der Waals surface area contributed by atoms with Crippen LogP contribution >= 0.6 is 27.5 Å². The summed E-state index contributed by atoms with van der Waals surface area (Å²) in [6.07, 6.45) is -3.86. The van der Waals surface area contributed by atoms with Crippen LogP contribution in [0.3, 0.4) is 0 Å². The molecule has 0 radical (unpaired) electrons. The number of rotatable bonds is 5. The minimum absolute atomic E-state index is 0.153. The van der Waals surface area contributed by atoms with E-state index in [-0.39, 0.29) is 24.5 Å². The van der Waals surface area contributed by atoms with Gasteiger partial charge in [-0.15, -0.1) is 11.6 Å². The molecule has 21 heavy (non-hydrogen) atoms. The molecule has 1 N–H and O–H groups in total. The van der Waals surface area contributed by atoms with E-state index >= 15 is 0 Å². The first-order valence-corrected chi connectivity index (χ1v) is 7.61. The lowest BCUT2D eigenvalue weighted by atomic mass is 9.89. The maximum Gasteiger partial charge on any atom is 0.416 e. The highest BCUT2D eigenvalue weighted by molar-refractivity contribution is 9.10. The zero-order valence-electron chi connectivity index (χ0n) is 11.7. The molecule has 1 aromatic rings. The van der Waals surface area contributed by atoms with Crippen molar-refractivity contribution in [1.29, 1.82) is 5.41 Å². The summed E-state index contributed by atoms with van der Waals surface area (Å²) < 4.78 is 45.2. The van der Waals surface area contributed by atoms with Crippen molar-refractivity contribution in [1.82, 2.24) is 0 Å². The first kappa shape index (κ1) is 18.3. The van der Waals surface area contributed by atoms with E-state index in [1.807, 2.05) is 0 Å². The van der Waals surface area contributed by atoms with Gasteiger partial charge >= 0.3 is 6.18 Å². The van der Waals surface area contributed by atoms with Gasteiger partial charge in [0.25, 0.3) is 0 Å². The van der Waals surface area contributed by atoms with Crippen molar-refractivity contribution in [3.8, 4) is 0 Å². The number of nitrogens with one attached hydrogen (secondary N) is 1. The molecule has 0 amide bonds. The Bertz CT molecular complexity index is 521. The van der Waals surface area contributed by atoms with Gasteiger partial charge in [0.2, 0.25) is 5.90 Å². The molecule has 0 aliphatic carbocycles. The average Bonchev–Trinajstić information content (AvgIpc) is 2.38. The fourth-order valence-corrected chi connectivity index (χ4v) is 2.84. The van der Waals surface area contributed by atoms with Gasteiger partial charge in [0.05, 0.1) is 12.2 Å². The summed E-state index contributed by atoms with van der Waals surface area (Å²) in [5.74, 6) is -0.360. The van der Waals surface area contributed by atoms with Crippen molar-refractivity contribution in [2.24, 2.45) is 0 Å². The van der Waals surface area contributed by atoms with E-state index in [1.54, 1.807) is 13.8 Å². The van der Waals surface area contributed by atoms with Gasteiger partial charge in [0.15, 0.2) is 0 Å². The average molecular weight is 387 g/mol. The molecule has 0 aromatic heterocycles. The molecule has 0 unspecified atom stereocenters. The van der Waals surface area contributed by atoms with Crippen LogP contribution in [-0.2, 0) is 15.8 Å². The Morgan fingerprint density at radius 1 is 1.29 bits per heavy atom. The van der Waals surface area contributed by atoms with Crippen molar-refractivity contribution in [2.45, 2.75) is 37.7 Å². The quantitative estimate of drug-likeness (QED) is 0.392. The molecule has 2 nitrogen and oxygen atoms in total. The standard InChI is InChI=1S/C14H16BrClF3NO/c1-3-7-13(16,12(20)21-4-2)10-6-5-9(15)8-11(10)14(17,18)19/h5-6,8,20H,3-4,7H2,1-2H3/t13-/m0/s1. The molecule has 1 aromatic carbocycles. The maximum atomic E-state index is 13.3. The largest absolute Gasteiger partial charge is 0.480 e. The van der Waals surface area contributed by atoms with Gasteiger partial charge < -0.3 is 4.74 Å². The summed E-state index contributed by atoms with van der Waals surface area (Å²) in [4.78, 5) is -1.61. The fraction of sp³-hybridized carbons (Fsp3) is 0.500. The number of hydrogen-bond donors (Lipinski definition) is 1. The lowest BCUT2D eigenvalue weighted by Crippen LogP contribution is -2.33. The zero-order valence-corrected chi connectivity index (χ0v) is 14.0. The third-order valence-electron chi connectivity index (χ3n) is 2.96. The van der Waals surface area contributed by atoms with Crippen molar-refractivity contribution in [3.05, 3.63) is 33.8 Å². The Morgan fingerprint density at radius 3 is 2.38 bits per heavy atom. The van der Waals surface area contributed by atoms with Crippen LogP contribution in [0.2, 0.25) is 0 Å². The van der Waals surface area contributed by atoms with Crippen LogP contribution in [0.4, 0.5) is 13.2 Å². The summed E-state index contributed by atoms with van der Waals surface area (Å²) in [7, 11) is 0. The number of halogens is 5. The van der Waals surface area contributed by atoms with E-state index in [2.05, 4.69) is 15.9 Å². The van der Waals surface area contributed by atoms with E-state index in [0.29, 0.717) is 10.9 Å². The Labute approximate surface area is 135 Å². The van der Waals surface area contributed by atoms with Crippen molar-refractivity contribution >= 4 is 33.4 Å². The van der Waals surface area contributed by atoms with Crippen molar-refractivity contribution in [2.75, 3.05) is 6.61 Å². The lowest BCUT2D eigenvalue weighted by molar-refractivity contribution is -0.138. The smallest absolute Gasteiger partial charge is 0.416 e. The Balaban J connectivity index is 3.48. The molecule has 0 saturated carbocycles. The molecule has 0 aliphatic rings. The zero-order chi connectivity index (χ0) is 16.3. The van der Waals surface area contributed by atoms with E-state index in [0.717, 1.165) is 6.07 Å². The van der Waals surface area contributed by atoms with Crippen LogP contribution in [0.1, 0.15) is 37.8 Å². The van der Waals surface area contributed by atoms with E-state index in [9.17, 15) is 13.2 Å². The summed E-state index contributed by atoms with van der Waals surface area (Å²) >= 11 is 9.43. The van der Waals surface area contributed by atoms with Gasteiger partial charge in [-0.25, -0.2) is 0 Å². The summed E-state index contributed by atoms with van der Waals surface area (Å²) in [6, 6.07) is 3.75. The predicted octanol–water partition coefficient (Wildman–Crippen LogP) is 5.72. The van der Waals surface area contributed by atoms with E-state index in [1.165, 1.54) is 12.1 Å². The van der Waals surface area contributed by atoms with Crippen molar-refractivity contribution in [3.63, 3.8) is 0 Å². The van der Waals surface area contributed by atoms with Crippen LogP contribution in [0.15, 0.2) is 22.7 Å². The van der Waals surface area contributed by atoms with Gasteiger partial charge in [0.1, 0.15) is 4.87 Å². The number of alkyl halides is 4. The highest BCUT2D eigenvalue weighted by Gasteiger charge is 2.44. The third kappa shape index (κ3) is 4.13. The Kier molecular flexibility index (Phi) is 6.11. The molecule has 118 valence electrons. The Hall–Kier alpha value is -0.750. The molecule has 1 atom stereocenters. The predicted molar refractivity (Wildman–Crippen MR) is 80.9 cm³/mol. The topological polar surface area (TPSA) is 33.1 Å². The van der Waals surface area contributed by atoms with Gasteiger partial charge in [-0.1, -0.05) is 35.3 Å². The van der Waals surface area contributed by atoms with Crippen LogP contribution in [-0.4, -0.2) is 12.5 Å². The van der Waals surface area contributed by atoms with Crippen LogP contribution in [0.5, 0.6) is 0 Å². The SMILES string of the molecule is CCC[C@@](Cl)(C(=N)OCC)c1ccc(Br)cc1C(F)(F)F. The second-order valence-corrected chi connectivity index (χ2v) is 6.06. The molecule has 0 aliphatic heterocycles. The molecular formula is C14H16BrClF3NO. The third-order valence-corrected chi connectivity index (χ3v) is 4.01. The van der Waals surface area contributed by atoms with E-state index < -0.39 is 16.6 Å². The highest BCUT2D eigenvalue weighted by atomic mass is 79.9. The minimum Gasteiger partial charge on any atom is -0.480 e. The molecule has 7 heteroatoms. The first-order chi connectivity index (χ1) is 9.66. The van der Waals surface area contributed by atoms with Crippen LogP contribution < -0.4 is 0 Å². The Morgan fingerprint density at radius 2 is 1.90 bits per heavy atom. The molecule has 0 heterocycles. The molecule has 1 rings (SSSR count). The summed E-state index contributed by atoms with van der Waals surface area (Å²) in [5, 5.41) is 7.91. The normalized spacial score (nSPS) is 14.6. The highest BCUT2D eigenvalue weighted by Crippen LogP contribution is 2.44. The van der Waals surface area contributed by atoms with Crippen molar-refractivity contribution < 1.29 is 17.9 Å². The molecule has 0 fully saturated rings. The number of hydrogen-bond acceptors (Lipinski definition) is 2. The molecular weight excluding hydrogens is 371 g/mol. The number of benzene rings is 1. The molecule has 0 bridgehead atoms. The summed E-state index contributed by atoms with van der Waals surface area (Å²) in [6.45, 7) is 3.63.